The maximum Gasteiger partial charge on any atom is 0.162 e. The van der Waals surface area contributed by atoms with Crippen molar-refractivity contribution in [3.63, 3.8) is 0 Å². The molecule has 0 amide bonds. The van der Waals surface area contributed by atoms with Crippen LogP contribution in [0.2, 0.25) is 10.0 Å². The Bertz CT molecular complexity index is 650. The molecule has 2 aromatic rings. The van der Waals surface area contributed by atoms with E-state index in [0.29, 0.717) is 28.9 Å². The minimum Gasteiger partial charge on any atom is -0.504 e. The highest BCUT2D eigenvalue weighted by Gasteiger charge is 2.11. The van der Waals surface area contributed by atoms with E-state index in [1.807, 2.05) is 38.1 Å². The van der Waals surface area contributed by atoms with E-state index >= 15 is 0 Å². The van der Waals surface area contributed by atoms with Gasteiger partial charge >= 0.3 is 0 Å². The fraction of sp³-hybridized carbons (Fsp3) is 0.294. The predicted octanol–water partition coefficient (Wildman–Crippen LogP) is 5.37. The average molecular weight is 377 g/mol. The van der Waals surface area contributed by atoms with E-state index in [2.05, 4.69) is 5.32 Å². The van der Waals surface area contributed by atoms with Crippen molar-refractivity contribution in [1.82, 2.24) is 5.32 Å². The van der Waals surface area contributed by atoms with Crippen LogP contribution in [-0.2, 0) is 6.54 Å². The topological polar surface area (TPSA) is 41.5 Å². The molecule has 1 atom stereocenters. The zero-order valence-corrected chi connectivity index (χ0v) is 15.3. The number of hydrogen-bond donors (Lipinski definition) is 2. The Morgan fingerprint density at radius 2 is 1.91 bits per heavy atom. The Balaban J connectivity index is 0.00000264. The summed E-state index contributed by atoms with van der Waals surface area (Å²) in [7, 11) is 0. The van der Waals surface area contributed by atoms with Crippen molar-refractivity contribution >= 4 is 35.6 Å². The zero-order chi connectivity index (χ0) is 16.1. The van der Waals surface area contributed by atoms with Gasteiger partial charge in [0.2, 0.25) is 0 Å². The Morgan fingerprint density at radius 3 is 2.57 bits per heavy atom. The van der Waals surface area contributed by atoms with Gasteiger partial charge in [0.05, 0.1) is 16.7 Å². The molecule has 2 aromatic carbocycles. The van der Waals surface area contributed by atoms with Crippen LogP contribution in [-0.4, -0.2) is 11.7 Å². The number of rotatable bonds is 6. The number of benzene rings is 2. The third-order valence-corrected chi connectivity index (χ3v) is 4.16. The third kappa shape index (κ3) is 5.18. The van der Waals surface area contributed by atoms with E-state index in [-0.39, 0.29) is 24.2 Å². The lowest BCUT2D eigenvalue weighted by Gasteiger charge is -2.16. The SMILES string of the molecule is CCOc1cccc(CNC(C)c2ccc(Cl)c(Cl)c2)c1O.Cl. The van der Waals surface area contributed by atoms with Gasteiger partial charge in [-0.3, -0.25) is 0 Å². The molecule has 126 valence electrons. The van der Waals surface area contributed by atoms with Gasteiger partial charge < -0.3 is 15.2 Å². The summed E-state index contributed by atoms with van der Waals surface area (Å²) < 4.78 is 5.39. The minimum absolute atomic E-state index is 0. The maximum absolute atomic E-state index is 10.2. The number of ether oxygens (including phenoxy) is 1. The Morgan fingerprint density at radius 1 is 1.17 bits per heavy atom. The van der Waals surface area contributed by atoms with E-state index in [1.165, 1.54) is 0 Å². The number of phenolic OH excluding ortho intramolecular Hbond substituents is 1. The fourth-order valence-corrected chi connectivity index (χ4v) is 2.45. The smallest absolute Gasteiger partial charge is 0.162 e. The summed E-state index contributed by atoms with van der Waals surface area (Å²) in [6, 6.07) is 11.1. The summed E-state index contributed by atoms with van der Waals surface area (Å²) in [5.41, 5.74) is 1.83. The average Bonchev–Trinajstić information content (AvgIpc) is 2.51. The van der Waals surface area contributed by atoms with Gasteiger partial charge in [0.15, 0.2) is 11.5 Å². The van der Waals surface area contributed by atoms with Crippen molar-refractivity contribution in [2.24, 2.45) is 0 Å². The molecule has 0 aliphatic rings. The monoisotopic (exact) mass is 375 g/mol. The van der Waals surface area contributed by atoms with E-state index in [4.69, 9.17) is 27.9 Å². The quantitative estimate of drug-likeness (QED) is 0.712. The largest absolute Gasteiger partial charge is 0.504 e. The van der Waals surface area contributed by atoms with Crippen molar-refractivity contribution in [3.05, 3.63) is 57.6 Å². The van der Waals surface area contributed by atoms with E-state index in [0.717, 1.165) is 11.1 Å². The summed E-state index contributed by atoms with van der Waals surface area (Å²) in [6.45, 7) is 4.96. The summed E-state index contributed by atoms with van der Waals surface area (Å²) in [5.74, 6) is 0.683. The molecular weight excluding hydrogens is 357 g/mol. The molecule has 2 N–H and O–H groups in total. The van der Waals surface area contributed by atoms with Crippen LogP contribution in [0, 0.1) is 0 Å². The second-order valence-corrected chi connectivity index (χ2v) is 5.79. The molecule has 3 nitrogen and oxygen atoms in total. The van der Waals surface area contributed by atoms with Crippen molar-refractivity contribution in [2.45, 2.75) is 26.4 Å². The third-order valence-electron chi connectivity index (χ3n) is 3.42. The van der Waals surface area contributed by atoms with Gasteiger partial charge in [-0.25, -0.2) is 0 Å². The van der Waals surface area contributed by atoms with Gasteiger partial charge in [-0.15, -0.1) is 12.4 Å². The molecule has 0 saturated heterocycles. The minimum atomic E-state index is 0. The van der Waals surface area contributed by atoms with Crippen LogP contribution in [0.25, 0.3) is 0 Å². The Labute approximate surface area is 153 Å². The molecule has 2 rings (SSSR count). The predicted molar refractivity (Wildman–Crippen MR) is 98.2 cm³/mol. The first-order valence-electron chi connectivity index (χ1n) is 7.15. The first-order valence-corrected chi connectivity index (χ1v) is 7.90. The highest BCUT2D eigenvalue weighted by Crippen LogP contribution is 2.30. The van der Waals surface area contributed by atoms with Gasteiger partial charge in [0.1, 0.15) is 0 Å². The van der Waals surface area contributed by atoms with Crippen molar-refractivity contribution in [1.29, 1.82) is 0 Å². The second-order valence-electron chi connectivity index (χ2n) is 4.97. The van der Waals surface area contributed by atoms with Crippen molar-refractivity contribution in [3.8, 4) is 11.5 Å². The lowest BCUT2D eigenvalue weighted by molar-refractivity contribution is 0.316. The molecule has 23 heavy (non-hydrogen) atoms. The number of phenols is 1. The zero-order valence-electron chi connectivity index (χ0n) is 13.0. The normalized spacial score (nSPS) is 11.7. The summed E-state index contributed by atoms with van der Waals surface area (Å²) in [4.78, 5) is 0. The molecule has 0 saturated carbocycles. The van der Waals surface area contributed by atoms with Gasteiger partial charge in [-0.2, -0.15) is 0 Å². The lowest BCUT2D eigenvalue weighted by atomic mass is 10.1. The number of aromatic hydroxyl groups is 1. The van der Waals surface area contributed by atoms with Gasteiger partial charge in [0.25, 0.3) is 0 Å². The van der Waals surface area contributed by atoms with Crippen LogP contribution >= 0.6 is 35.6 Å². The van der Waals surface area contributed by atoms with Crippen LogP contribution < -0.4 is 10.1 Å². The molecule has 0 aliphatic heterocycles. The summed E-state index contributed by atoms with van der Waals surface area (Å²) >= 11 is 12.0. The molecule has 0 heterocycles. The van der Waals surface area contributed by atoms with Gasteiger partial charge in [-0.1, -0.05) is 41.4 Å². The van der Waals surface area contributed by atoms with Crippen LogP contribution in [0.3, 0.4) is 0 Å². The second kappa shape index (κ2) is 9.24. The molecule has 0 spiro atoms. The highest BCUT2D eigenvalue weighted by atomic mass is 35.5. The van der Waals surface area contributed by atoms with E-state index < -0.39 is 0 Å². The van der Waals surface area contributed by atoms with Crippen LogP contribution in [0.4, 0.5) is 0 Å². The first kappa shape index (κ1) is 19.9. The summed E-state index contributed by atoms with van der Waals surface area (Å²) in [6.07, 6.45) is 0. The molecule has 0 aromatic heterocycles. The molecule has 1 unspecified atom stereocenters. The van der Waals surface area contributed by atoms with Crippen LogP contribution in [0.1, 0.15) is 31.0 Å². The van der Waals surface area contributed by atoms with Crippen molar-refractivity contribution < 1.29 is 9.84 Å². The van der Waals surface area contributed by atoms with Gasteiger partial charge in [-0.05, 0) is 37.6 Å². The maximum atomic E-state index is 10.2. The highest BCUT2D eigenvalue weighted by molar-refractivity contribution is 6.42. The number of para-hydroxylation sites is 1. The van der Waals surface area contributed by atoms with E-state index in [1.54, 1.807) is 12.1 Å². The van der Waals surface area contributed by atoms with E-state index in [9.17, 15) is 5.11 Å². The van der Waals surface area contributed by atoms with Gasteiger partial charge in [0, 0.05) is 18.2 Å². The Kier molecular flexibility index (Phi) is 8.00. The molecule has 0 radical (unpaired) electrons. The number of hydrogen-bond acceptors (Lipinski definition) is 3. The van der Waals surface area contributed by atoms with Crippen molar-refractivity contribution in [2.75, 3.05) is 6.61 Å². The summed E-state index contributed by atoms with van der Waals surface area (Å²) in [5, 5.41) is 14.6. The Hall–Kier alpha value is -1.13. The molecule has 0 aliphatic carbocycles. The lowest BCUT2D eigenvalue weighted by Crippen LogP contribution is -2.18. The van der Waals surface area contributed by atoms with Crippen LogP contribution in [0.5, 0.6) is 11.5 Å². The fourth-order valence-electron chi connectivity index (χ4n) is 2.15. The molecular formula is C17H20Cl3NO2. The standard InChI is InChI=1S/C17H19Cl2NO2.ClH/c1-3-22-16-6-4-5-13(17(16)21)10-20-11(2)12-7-8-14(18)15(19)9-12;/h4-9,11,20-21H,3,10H2,1-2H3;1H. The first-order chi connectivity index (χ1) is 10.5. The number of nitrogens with one attached hydrogen (secondary N) is 1. The molecule has 6 heteroatoms. The molecule has 0 fully saturated rings. The number of halogens is 3. The molecule has 0 bridgehead atoms. The van der Waals surface area contributed by atoms with Crippen LogP contribution in [0.15, 0.2) is 36.4 Å².